The Bertz CT molecular complexity index is 862. The van der Waals surface area contributed by atoms with Crippen LogP contribution in [0.15, 0.2) is 48.8 Å². The van der Waals surface area contributed by atoms with E-state index in [0.717, 1.165) is 54.5 Å². The van der Waals surface area contributed by atoms with Gasteiger partial charge in [-0.15, -0.1) is 0 Å². The second-order valence-corrected chi connectivity index (χ2v) is 6.63. The van der Waals surface area contributed by atoms with Gasteiger partial charge >= 0.3 is 0 Å². The zero-order valence-electron chi connectivity index (χ0n) is 14.9. The molecule has 0 spiro atoms. The van der Waals surface area contributed by atoms with Gasteiger partial charge in [-0.25, -0.2) is 9.67 Å². The van der Waals surface area contributed by atoms with E-state index in [1.54, 1.807) is 6.20 Å². The number of nitrogens with zero attached hydrogens (tertiary/aromatic N) is 4. The van der Waals surface area contributed by atoms with E-state index in [0.29, 0.717) is 12.6 Å². The normalized spacial score (nSPS) is 16.3. The molecule has 1 aliphatic rings. The van der Waals surface area contributed by atoms with Gasteiger partial charge in [0.25, 0.3) is 0 Å². The molecule has 1 aliphatic heterocycles. The fraction of sp³-hybridized carbons (Fsp3) is 0.350. The predicted molar refractivity (Wildman–Crippen MR) is 98.7 cm³/mol. The smallest absolute Gasteiger partial charge is 0.147 e. The van der Waals surface area contributed by atoms with Crippen molar-refractivity contribution < 1.29 is 4.74 Å². The Morgan fingerprint density at radius 2 is 2.15 bits per heavy atom. The second kappa shape index (κ2) is 7.66. The van der Waals surface area contributed by atoms with Crippen LogP contribution >= 0.6 is 0 Å². The van der Waals surface area contributed by atoms with Crippen LogP contribution in [0.4, 0.5) is 0 Å². The molecule has 134 valence electrons. The molecule has 3 heterocycles. The van der Waals surface area contributed by atoms with Crippen molar-refractivity contribution in [2.45, 2.75) is 45.5 Å². The molecule has 0 saturated heterocycles. The topological polar surface area (TPSA) is 64.9 Å². The highest BCUT2D eigenvalue weighted by Gasteiger charge is 2.20. The molecule has 1 aromatic carbocycles. The van der Waals surface area contributed by atoms with E-state index >= 15 is 0 Å². The van der Waals surface area contributed by atoms with E-state index in [9.17, 15) is 0 Å². The summed E-state index contributed by atoms with van der Waals surface area (Å²) in [5.74, 6) is 2.87. The van der Waals surface area contributed by atoms with Crippen molar-refractivity contribution in [3.05, 3.63) is 71.6 Å². The van der Waals surface area contributed by atoms with Crippen LogP contribution in [0.5, 0.6) is 5.75 Å². The molecule has 2 aromatic heterocycles. The first-order valence-corrected chi connectivity index (χ1v) is 9.01. The number of aryl methyl sites for hydroxylation is 2. The molecule has 0 radical (unpaired) electrons. The zero-order valence-corrected chi connectivity index (χ0v) is 14.9. The maximum Gasteiger partial charge on any atom is 0.147 e. The first kappa shape index (κ1) is 16.7. The average Bonchev–Trinajstić information content (AvgIpc) is 3.05. The zero-order chi connectivity index (χ0) is 17.8. The molecule has 1 atom stereocenters. The molecule has 1 unspecified atom stereocenters. The van der Waals surface area contributed by atoms with E-state index in [1.165, 1.54) is 0 Å². The molecule has 0 saturated carbocycles. The van der Waals surface area contributed by atoms with Gasteiger partial charge in [-0.3, -0.25) is 4.98 Å². The number of hydrogen-bond acceptors (Lipinski definition) is 5. The summed E-state index contributed by atoms with van der Waals surface area (Å²) in [4.78, 5) is 8.60. The molecule has 1 N–H and O–H groups in total. The fourth-order valence-electron chi connectivity index (χ4n) is 3.29. The fourth-order valence-corrected chi connectivity index (χ4v) is 3.29. The van der Waals surface area contributed by atoms with Crippen LogP contribution in [0.25, 0.3) is 0 Å². The van der Waals surface area contributed by atoms with E-state index in [-0.39, 0.29) is 0 Å². The minimum absolute atomic E-state index is 0.398. The Morgan fingerprint density at radius 3 is 3.04 bits per heavy atom. The lowest BCUT2D eigenvalue weighted by Gasteiger charge is -2.24. The molecule has 4 rings (SSSR count). The third-order valence-corrected chi connectivity index (χ3v) is 4.63. The molecule has 0 amide bonds. The average molecular weight is 349 g/mol. The lowest BCUT2D eigenvalue weighted by molar-refractivity contribution is 0.299. The first-order valence-electron chi connectivity index (χ1n) is 9.01. The molecule has 0 aliphatic carbocycles. The van der Waals surface area contributed by atoms with Crippen molar-refractivity contribution in [2.75, 3.05) is 0 Å². The number of fused-ring (bicyclic) bond motifs is 1. The minimum Gasteiger partial charge on any atom is -0.489 e. The third-order valence-electron chi connectivity index (χ3n) is 4.63. The Kier molecular flexibility index (Phi) is 4.93. The van der Waals surface area contributed by atoms with Crippen molar-refractivity contribution in [3.8, 4) is 5.75 Å². The van der Waals surface area contributed by atoms with Gasteiger partial charge in [0.05, 0.1) is 6.54 Å². The van der Waals surface area contributed by atoms with Gasteiger partial charge in [0.1, 0.15) is 24.0 Å². The molecular formula is C20H23N5O. The van der Waals surface area contributed by atoms with Gasteiger partial charge in [-0.05, 0) is 25.5 Å². The lowest BCUT2D eigenvalue weighted by atomic mass is 10.1. The van der Waals surface area contributed by atoms with Crippen LogP contribution in [0.2, 0.25) is 0 Å². The maximum absolute atomic E-state index is 6.02. The molecule has 6 heteroatoms. The van der Waals surface area contributed by atoms with Crippen molar-refractivity contribution in [3.63, 3.8) is 0 Å². The van der Waals surface area contributed by atoms with E-state index in [4.69, 9.17) is 4.74 Å². The quantitative estimate of drug-likeness (QED) is 0.741. The highest BCUT2D eigenvalue weighted by Crippen LogP contribution is 2.20. The number of aromatic nitrogens is 4. The Hall–Kier alpha value is -2.73. The largest absolute Gasteiger partial charge is 0.489 e. The first-order chi connectivity index (χ1) is 12.8. The standard InChI is InChI=1S/C20H23N5O/c1-15-23-20-9-8-18(13-25(20)24-15)22-12-17-6-2-3-7-19(17)26-14-16-5-4-10-21-11-16/h2-7,10-11,18,22H,8-9,12-14H2,1H3. The SMILES string of the molecule is Cc1nc2n(n1)CC(NCc1ccccc1OCc1cccnc1)CC2. The number of nitrogens with one attached hydrogen (secondary N) is 1. The van der Waals surface area contributed by atoms with Crippen LogP contribution in [0, 0.1) is 6.92 Å². The summed E-state index contributed by atoms with van der Waals surface area (Å²) in [6.45, 7) is 4.12. The van der Waals surface area contributed by atoms with Crippen molar-refractivity contribution in [2.24, 2.45) is 0 Å². The maximum atomic E-state index is 6.02. The molecule has 0 fully saturated rings. The van der Waals surface area contributed by atoms with E-state index < -0.39 is 0 Å². The number of rotatable bonds is 6. The van der Waals surface area contributed by atoms with E-state index in [1.807, 2.05) is 48.1 Å². The molecule has 3 aromatic rings. The summed E-state index contributed by atoms with van der Waals surface area (Å²) in [5, 5.41) is 8.12. The van der Waals surface area contributed by atoms with Crippen LogP contribution in [-0.4, -0.2) is 25.8 Å². The lowest BCUT2D eigenvalue weighted by Crippen LogP contribution is -2.37. The Labute approximate surface area is 153 Å². The van der Waals surface area contributed by atoms with Gasteiger partial charge in [0.2, 0.25) is 0 Å². The predicted octanol–water partition coefficient (Wildman–Crippen LogP) is 2.67. The monoisotopic (exact) mass is 349 g/mol. The highest BCUT2D eigenvalue weighted by molar-refractivity contribution is 5.33. The Balaban J connectivity index is 1.36. The number of benzene rings is 1. The molecule has 26 heavy (non-hydrogen) atoms. The van der Waals surface area contributed by atoms with Gasteiger partial charge in [-0.1, -0.05) is 24.3 Å². The summed E-state index contributed by atoms with van der Waals surface area (Å²) in [7, 11) is 0. The third kappa shape index (κ3) is 3.91. The van der Waals surface area contributed by atoms with Gasteiger partial charge < -0.3 is 10.1 Å². The Morgan fingerprint density at radius 1 is 1.23 bits per heavy atom. The summed E-state index contributed by atoms with van der Waals surface area (Å²) in [5.41, 5.74) is 2.23. The van der Waals surface area contributed by atoms with Crippen LogP contribution in [0.1, 0.15) is 29.2 Å². The van der Waals surface area contributed by atoms with Gasteiger partial charge in [0, 0.05) is 42.5 Å². The van der Waals surface area contributed by atoms with Crippen molar-refractivity contribution in [1.29, 1.82) is 0 Å². The molecule has 0 bridgehead atoms. The van der Waals surface area contributed by atoms with E-state index in [2.05, 4.69) is 26.4 Å². The minimum atomic E-state index is 0.398. The summed E-state index contributed by atoms with van der Waals surface area (Å²) in [6.07, 6.45) is 5.66. The second-order valence-electron chi connectivity index (χ2n) is 6.63. The van der Waals surface area contributed by atoms with Gasteiger partial charge in [-0.2, -0.15) is 5.10 Å². The number of pyridine rings is 1. The number of para-hydroxylation sites is 1. The molecule has 6 nitrogen and oxygen atoms in total. The number of ether oxygens (including phenoxy) is 1. The van der Waals surface area contributed by atoms with Crippen LogP contribution in [-0.2, 0) is 26.1 Å². The van der Waals surface area contributed by atoms with Crippen molar-refractivity contribution in [1.82, 2.24) is 25.1 Å². The summed E-state index contributed by atoms with van der Waals surface area (Å²) >= 11 is 0. The molecular weight excluding hydrogens is 326 g/mol. The highest BCUT2D eigenvalue weighted by atomic mass is 16.5. The number of hydrogen-bond donors (Lipinski definition) is 1. The van der Waals surface area contributed by atoms with Crippen molar-refractivity contribution >= 4 is 0 Å². The summed E-state index contributed by atoms with van der Waals surface area (Å²) < 4.78 is 8.04. The van der Waals surface area contributed by atoms with Gasteiger partial charge in [0.15, 0.2) is 0 Å². The van der Waals surface area contributed by atoms with Crippen LogP contribution in [0.3, 0.4) is 0 Å². The van der Waals surface area contributed by atoms with Crippen LogP contribution < -0.4 is 10.1 Å². The summed E-state index contributed by atoms with van der Waals surface area (Å²) in [6, 6.07) is 12.5.